The molecule has 2 saturated heterocycles. The van der Waals surface area contributed by atoms with Gasteiger partial charge in [0.05, 0.1) is 19.1 Å². The van der Waals surface area contributed by atoms with Crippen LogP contribution in [0.25, 0.3) is 0 Å². The summed E-state index contributed by atoms with van der Waals surface area (Å²) in [7, 11) is 0. The van der Waals surface area contributed by atoms with Crippen molar-refractivity contribution >= 4 is 17.6 Å². The number of morpholine rings is 1. The van der Waals surface area contributed by atoms with Crippen molar-refractivity contribution in [2.45, 2.75) is 32.3 Å². The predicted molar refractivity (Wildman–Crippen MR) is 101 cm³/mol. The number of hydrogen-bond donors (Lipinski definition) is 1. The van der Waals surface area contributed by atoms with Crippen LogP contribution in [0.2, 0.25) is 0 Å². The van der Waals surface area contributed by atoms with Crippen LogP contribution in [0.15, 0.2) is 24.3 Å². The Bertz CT molecular complexity index is 685. The number of ether oxygens (including phenoxy) is 2. The van der Waals surface area contributed by atoms with Gasteiger partial charge in [-0.05, 0) is 38.8 Å². The van der Waals surface area contributed by atoms with Gasteiger partial charge < -0.3 is 24.4 Å². The number of piperidine rings is 1. The summed E-state index contributed by atoms with van der Waals surface area (Å²) < 4.78 is 11.4. The molecule has 2 aliphatic rings. The number of carboxylic acids is 1. The maximum atomic E-state index is 12.8. The van der Waals surface area contributed by atoms with Crippen LogP contribution < -0.4 is 9.64 Å². The Morgan fingerprint density at radius 3 is 2.67 bits per heavy atom. The Morgan fingerprint density at radius 1 is 1.22 bits per heavy atom. The number of carboxylic acid groups (broad SMARTS) is 1. The first kappa shape index (κ1) is 19.5. The van der Waals surface area contributed by atoms with Gasteiger partial charge in [0.2, 0.25) is 0 Å². The molecule has 0 saturated carbocycles. The van der Waals surface area contributed by atoms with E-state index in [1.807, 2.05) is 24.3 Å². The highest BCUT2D eigenvalue weighted by Gasteiger charge is 2.35. The number of carbonyl (C=O) groups is 2. The highest BCUT2D eigenvalue weighted by Crippen LogP contribution is 2.29. The molecule has 2 heterocycles. The Morgan fingerprint density at radius 2 is 1.96 bits per heavy atom. The first-order chi connectivity index (χ1) is 12.9. The molecule has 1 aromatic rings. The van der Waals surface area contributed by atoms with Gasteiger partial charge in [-0.2, -0.15) is 0 Å². The third kappa shape index (κ3) is 4.71. The van der Waals surface area contributed by atoms with Crippen LogP contribution in [-0.4, -0.2) is 66.9 Å². The van der Waals surface area contributed by atoms with E-state index in [9.17, 15) is 14.7 Å². The lowest BCUT2D eigenvalue weighted by atomic mass is 9.98. The van der Waals surface area contributed by atoms with Gasteiger partial charge in [0.25, 0.3) is 5.91 Å². The minimum atomic E-state index is -0.985. The molecule has 0 aliphatic carbocycles. The average Bonchev–Trinajstić information content (AvgIpc) is 2.68. The van der Waals surface area contributed by atoms with Gasteiger partial charge >= 0.3 is 5.97 Å². The van der Waals surface area contributed by atoms with E-state index < -0.39 is 11.6 Å². The number of hydrogen-bond acceptors (Lipinski definition) is 5. The van der Waals surface area contributed by atoms with Gasteiger partial charge in [-0.1, -0.05) is 6.07 Å². The molecular formula is C20H28N2O5. The van der Waals surface area contributed by atoms with Crippen molar-refractivity contribution < 1.29 is 24.2 Å². The van der Waals surface area contributed by atoms with Crippen LogP contribution in [0.4, 0.5) is 5.69 Å². The smallest absolute Gasteiger partial charge is 0.308 e. The van der Waals surface area contributed by atoms with Gasteiger partial charge in [-0.3, -0.25) is 9.59 Å². The molecule has 2 aliphatic heterocycles. The molecule has 2 fully saturated rings. The Balaban J connectivity index is 1.69. The zero-order chi connectivity index (χ0) is 19.4. The predicted octanol–water partition coefficient (Wildman–Crippen LogP) is 2.00. The molecule has 0 spiro atoms. The molecule has 0 radical (unpaired) electrons. The number of amides is 1. The van der Waals surface area contributed by atoms with Gasteiger partial charge in [-0.25, -0.2) is 0 Å². The fourth-order valence-electron chi connectivity index (χ4n) is 3.64. The molecule has 7 nitrogen and oxygen atoms in total. The minimum absolute atomic E-state index is 0.0554. The highest BCUT2D eigenvalue weighted by molar-refractivity contribution is 5.85. The van der Waals surface area contributed by atoms with Crippen LogP contribution >= 0.6 is 0 Å². The quantitative estimate of drug-likeness (QED) is 0.847. The first-order valence-corrected chi connectivity index (χ1v) is 9.51. The number of aliphatic carboxylic acids is 1. The third-order valence-corrected chi connectivity index (χ3v) is 5.14. The molecule has 27 heavy (non-hydrogen) atoms. The second-order valence-corrected chi connectivity index (χ2v) is 7.64. The van der Waals surface area contributed by atoms with Crippen LogP contribution in [0, 0.1) is 5.92 Å². The molecule has 0 aromatic heterocycles. The number of nitrogens with zero attached hydrogens (tertiary/aromatic N) is 2. The first-order valence-electron chi connectivity index (χ1n) is 9.51. The summed E-state index contributed by atoms with van der Waals surface area (Å²) in [6.07, 6.45) is 1.56. The second-order valence-electron chi connectivity index (χ2n) is 7.64. The van der Waals surface area contributed by atoms with Gasteiger partial charge in [0.1, 0.15) is 5.75 Å². The maximum Gasteiger partial charge on any atom is 0.308 e. The van der Waals surface area contributed by atoms with Crippen LogP contribution in [0.1, 0.15) is 26.7 Å². The molecular weight excluding hydrogens is 348 g/mol. The standard InChI is InChI=1S/C20H28N2O5/c1-20(2,19(25)21-9-11-26-12-10-21)27-17-7-3-6-16(13-17)22-8-4-5-15(14-22)18(23)24/h3,6-7,13,15H,4-5,8-12,14H2,1-2H3,(H,23,24). The molecule has 148 valence electrons. The van der Waals surface area contributed by atoms with Crippen molar-refractivity contribution in [1.82, 2.24) is 4.90 Å². The van der Waals surface area contributed by atoms with E-state index in [0.717, 1.165) is 18.7 Å². The number of benzene rings is 1. The molecule has 1 aromatic carbocycles. The molecule has 1 amide bonds. The van der Waals surface area contributed by atoms with Crippen LogP contribution in [-0.2, 0) is 14.3 Å². The third-order valence-electron chi connectivity index (χ3n) is 5.14. The Hall–Kier alpha value is -2.28. The zero-order valence-electron chi connectivity index (χ0n) is 16.0. The van der Waals surface area contributed by atoms with Gasteiger partial charge in [-0.15, -0.1) is 0 Å². The Labute approximate surface area is 159 Å². The van der Waals surface area contributed by atoms with Crippen molar-refractivity contribution in [3.63, 3.8) is 0 Å². The summed E-state index contributed by atoms with van der Waals surface area (Å²) in [4.78, 5) is 28.0. The summed E-state index contributed by atoms with van der Waals surface area (Å²) in [6, 6.07) is 7.55. The van der Waals surface area contributed by atoms with Crippen molar-refractivity contribution in [3.05, 3.63) is 24.3 Å². The van der Waals surface area contributed by atoms with Gasteiger partial charge in [0, 0.05) is 37.9 Å². The number of carbonyl (C=O) groups excluding carboxylic acids is 1. The van der Waals surface area contributed by atoms with Crippen LogP contribution in [0.5, 0.6) is 5.75 Å². The zero-order valence-corrected chi connectivity index (χ0v) is 16.0. The summed E-state index contributed by atoms with van der Waals surface area (Å²) in [5, 5.41) is 9.29. The lowest BCUT2D eigenvalue weighted by Crippen LogP contribution is -2.52. The average molecular weight is 376 g/mol. The highest BCUT2D eigenvalue weighted by atomic mass is 16.5. The van der Waals surface area contributed by atoms with Crippen LogP contribution in [0.3, 0.4) is 0 Å². The summed E-state index contributed by atoms with van der Waals surface area (Å²) in [5.41, 5.74) is -0.0605. The second kappa shape index (κ2) is 8.17. The van der Waals surface area contributed by atoms with E-state index in [1.54, 1.807) is 18.7 Å². The number of anilines is 1. The molecule has 3 rings (SSSR count). The topological polar surface area (TPSA) is 79.3 Å². The minimum Gasteiger partial charge on any atom is -0.481 e. The van der Waals surface area contributed by atoms with E-state index in [2.05, 4.69) is 4.90 Å². The summed E-state index contributed by atoms with van der Waals surface area (Å²) in [5.74, 6) is -0.538. The molecule has 1 unspecified atom stereocenters. The van der Waals surface area contributed by atoms with Crippen molar-refractivity contribution in [2.75, 3.05) is 44.3 Å². The normalized spacial score (nSPS) is 21.0. The fourth-order valence-corrected chi connectivity index (χ4v) is 3.64. The lowest BCUT2D eigenvalue weighted by Gasteiger charge is -2.35. The van der Waals surface area contributed by atoms with Gasteiger partial charge in [0.15, 0.2) is 5.60 Å². The van der Waals surface area contributed by atoms with Crippen molar-refractivity contribution in [2.24, 2.45) is 5.92 Å². The van der Waals surface area contributed by atoms with Crippen molar-refractivity contribution in [3.8, 4) is 5.75 Å². The fraction of sp³-hybridized carbons (Fsp3) is 0.600. The summed E-state index contributed by atoms with van der Waals surface area (Å²) >= 11 is 0. The molecule has 1 N–H and O–H groups in total. The van der Waals surface area contributed by atoms with E-state index in [4.69, 9.17) is 9.47 Å². The van der Waals surface area contributed by atoms with E-state index in [-0.39, 0.29) is 11.8 Å². The van der Waals surface area contributed by atoms with Crippen molar-refractivity contribution in [1.29, 1.82) is 0 Å². The monoisotopic (exact) mass is 376 g/mol. The largest absolute Gasteiger partial charge is 0.481 e. The Kier molecular flexibility index (Phi) is 5.89. The van der Waals surface area contributed by atoms with E-state index in [0.29, 0.717) is 45.0 Å². The maximum absolute atomic E-state index is 12.8. The van der Waals surface area contributed by atoms with E-state index >= 15 is 0 Å². The lowest BCUT2D eigenvalue weighted by molar-refractivity contribution is -0.149. The molecule has 1 atom stereocenters. The molecule has 0 bridgehead atoms. The SMILES string of the molecule is CC(C)(Oc1cccc(N2CCCC(C(=O)O)C2)c1)C(=O)N1CCOCC1. The molecule has 7 heteroatoms. The number of rotatable bonds is 5. The van der Waals surface area contributed by atoms with E-state index in [1.165, 1.54) is 0 Å². The summed E-state index contributed by atoms with van der Waals surface area (Å²) in [6.45, 7) is 7.13.